The highest BCUT2D eigenvalue weighted by atomic mass is 32.2. The van der Waals surface area contributed by atoms with Gasteiger partial charge < -0.3 is 10.6 Å². The van der Waals surface area contributed by atoms with Gasteiger partial charge in [-0.15, -0.1) is 11.8 Å². The lowest BCUT2D eigenvalue weighted by atomic mass is 9.97. The van der Waals surface area contributed by atoms with E-state index in [2.05, 4.69) is 10.6 Å². The van der Waals surface area contributed by atoms with E-state index in [0.29, 0.717) is 5.69 Å². The smallest absolute Gasteiger partial charge is 0.234 e. The van der Waals surface area contributed by atoms with Crippen LogP contribution in [0.2, 0.25) is 0 Å². The molecular formula is C19H27FN2O2S. The fourth-order valence-corrected chi connectivity index (χ4v) is 3.62. The molecule has 1 aromatic carbocycles. The maximum atomic E-state index is 12.8. The molecule has 2 amide bonds. The van der Waals surface area contributed by atoms with Crippen LogP contribution in [0.1, 0.15) is 51.9 Å². The molecule has 0 bridgehead atoms. The number of rotatable bonds is 6. The van der Waals surface area contributed by atoms with Crippen molar-refractivity contribution in [2.24, 2.45) is 0 Å². The number of amides is 2. The fourth-order valence-electron chi connectivity index (χ4n) is 2.93. The molecule has 0 aromatic heterocycles. The van der Waals surface area contributed by atoms with Crippen molar-refractivity contribution in [3.05, 3.63) is 30.1 Å². The van der Waals surface area contributed by atoms with Crippen molar-refractivity contribution < 1.29 is 14.0 Å². The van der Waals surface area contributed by atoms with Crippen molar-refractivity contribution in [1.29, 1.82) is 0 Å². The number of benzene rings is 1. The lowest BCUT2D eigenvalue weighted by Crippen LogP contribution is -2.40. The summed E-state index contributed by atoms with van der Waals surface area (Å²) in [6, 6.07) is 5.90. The van der Waals surface area contributed by atoms with E-state index in [9.17, 15) is 14.0 Å². The molecule has 1 aliphatic rings. The molecule has 1 saturated carbocycles. The third-order valence-corrected chi connectivity index (χ3v) is 5.56. The van der Waals surface area contributed by atoms with Gasteiger partial charge in [0.05, 0.1) is 11.0 Å². The van der Waals surface area contributed by atoms with E-state index in [0.717, 1.165) is 12.8 Å². The second-order valence-electron chi connectivity index (χ2n) is 6.56. The van der Waals surface area contributed by atoms with Gasteiger partial charge in [0.15, 0.2) is 0 Å². The number of halogens is 1. The highest BCUT2D eigenvalue weighted by Crippen LogP contribution is 2.18. The molecule has 138 valence electrons. The Morgan fingerprint density at radius 3 is 2.36 bits per heavy atom. The Kier molecular flexibility index (Phi) is 8.25. The fraction of sp³-hybridized carbons (Fsp3) is 0.579. The van der Waals surface area contributed by atoms with Gasteiger partial charge in [-0.25, -0.2) is 4.39 Å². The van der Waals surface area contributed by atoms with Crippen LogP contribution in [0.3, 0.4) is 0 Å². The van der Waals surface area contributed by atoms with E-state index < -0.39 is 0 Å². The number of carbonyl (C=O) groups excluding carboxylic acids is 2. The van der Waals surface area contributed by atoms with Crippen LogP contribution in [0.5, 0.6) is 0 Å². The van der Waals surface area contributed by atoms with Crippen molar-refractivity contribution in [2.45, 2.75) is 63.2 Å². The molecule has 0 aliphatic heterocycles. The molecule has 1 aliphatic carbocycles. The minimum Gasteiger partial charge on any atom is -0.352 e. The van der Waals surface area contributed by atoms with Crippen molar-refractivity contribution in [3.8, 4) is 0 Å². The molecule has 1 atom stereocenters. The second kappa shape index (κ2) is 10.4. The van der Waals surface area contributed by atoms with Gasteiger partial charge >= 0.3 is 0 Å². The van der Waals surface area contributed by atoms with Crippen LogP contribution in [-0.2, 0) is 9.59 Å². The van der Waals surface area contributed by atoms with Crippen LogP contribution in [0, 0.1) is 5.82 Å². The zero-order chi connectivity index (χ0) is 18.1. The maximum absolute atomic E-state index is 12.8. The van der Waals surface area contributed by atoms with Gasteiger partial charge in [-0.2, -0.15) is 0 Å². The van der Waals surface area contributed by atoms with Gasteiger partial charge in [-0.3, -0.25) is 9.59 Å². The SMILES string of the molecule is CC(SCC(=O)Nc1ccc(F)cc1)C(=O)NC1CCCCCCC1. The summed E-state index contributed by atoms with van der Waals surface area (Å²) in [4.78, 5) is 24.3. The molecule has 0 heterocycles. The molecule has 6 heteroatoms. The summed E-state index contributed by atoms with van der Waals surface area (Å²) in [7, 11) is 0. The van der Waals surface area contributed by atoms with E-state index in [4.69, 9.17) is 0 Å². The molecule has 1 fully saturated rings. The third-order valence-electron chi connectivity index (χ3n) is 4.41. The molecule has 1 unspecified atom stereocenters. The topological polar surface area (TPSA) is 58.2 Å². The Morgan fingerprint density at radius 2 is 1.72 bits per heavy atom. The van der Waals surface area contributed by atoms with Crippen molar-refractivity contribution >= 4 is 29.3 Å². The van der Waals surface area contributed by atoms with Crippen LogP contribution in [0.25, 0.3) is 0 Å². The molecule has 4 nitrogen and oxygen atoms in total. The number of thioether (sulfide) groups is 1. The summed E-state index contributed by atoms with van der Waals surface area (Å²) in [6.45, 7) is 1.83. The van der Waals surface area contributed by atoms with Crippen molar-refractivity contribution in [1.82, 2.24) is 5.32 Å². The zero-order valence-corrected chi connectivity index (χ0v) is 15.5. The van der Waals surface area contributed by atoms with Gasteiger partial charge in [0.25, 0.3) is 0 Å². The second-order valence-corrected chi connectivity index (χ2v) is 7.89. The number of carbonyl (C=O) groups is 2. The Bertz CT molecular complexity index is 557. The molecule has 0 radical (unpaired) electrons. The normalized spacial score (nSPS) is 17.2. The Morgan fingerprint density at radius 1 is 1.12 bits per heavy atom. The van der Waals surface area contributed by atoms with Crippen molar-refractivity contribution in [2.75, 3.05) is 11.1 Å². The molecular weight excluding hydrogens is 339 g/mol. The summed E-state index contributed by atoms with van der Waals surface area (Å²) >= 11 is 1.31. The Labute approximate surface area is 153 Å². The number of anilines is 1. The number of nitrogens with one attached hydrogen (secondary N) is 2. The standard InChI is InChI=1S/C19H27FN2O2S/c1-14(19(24)22-16-7-5-3-2-4-6-8-16)25-13-18(23)21-17-11-9-15(20)10-12-17/h9-12,14,16H,2-8,13H2,1H3,(H,21,23)(H,22,24). The lowest BCUT2D eigenvalue weighted by Gasteiger charge is -2.22. The number of hydrogen-bond acceptors (Lipinski definition) is 3. The summed E-state index contributed by atoms with van der Waals surface area (Å²) in [5, 5.41) is 5.56. The maximum Gasteiger partial charge on any atom is 0.234 e. The predicted molar refractivity (Wildman–Crippen MR) is 101 cm³/mol. The molecule has 2 rings (SSSR count). The van der Waals surface area contributed by atoms with Gasteiger partial charge in [0.2, 0.25) is 11.8 Å². The van der Waals surface area contributed by atoms with Gasteiger partial charge in [-0.05, 0) is 44.0 Å². The van der Waals surface area contributed by atoms with Gasteiger partial charge in [-0.1, -0.05) is 32.1 Å². The Balaban J connectivity index is 1.70. The van der Waals surface area contributed by atoms with Crippen LogP contribution in [0.15, 0.2) is 24.3 Å². The lowest BCUT2D eigenvalue weighted by molar-refractivity contribution is -0.121. The quantitative estimate of drug-likeness (QED) is 0.796. The summed E-state index contributed by atoms with van der Waals surface area (Å²) in [6.07, 6.45) is 8.25. The monoisotopic (exact) mass is 366 g/mol. The summed E-state index contributed by atoms with van der Waals surface area (Å²) < 4.78 is 12.8. The molecule has 0 saturated heterocycles. The van der Waals surface area contributed by atoms with Crippen LogP contribution in [0.4, 0.5) is 10.1 Å². The first-order valence-corrected chi connectivity index (χ1v) is 10.1. The minimum atomic E-state index is -0.341. The third kappa shape index (κ3) is 7.46. The van der Waals surface area contributed by atoms with Crippen molar-refractivity contribution in [3.63, 3.8) is 0 Å². The van der Waals surface area contributed by atoms with E-state index in [-0.39, 0.29) is 34.7 Å². The average molecular weight is 367 g/mol. The van der Waals surface area contributed by atoms with E-state index in [1.54, 1.807) is 0 Å². The largest absolute Gasteiger partial charge is 0.352 e. The predicted octanol–water partition coefficient (Wildman–Crippen LogP) is 4.12. The highest BCUT2D eigenvalue weighted by Gasteiger charge is 2.19. The molecule has 0 spiro atoms. The number of hydrogen-bond donors (Lipinski definition) is 2. The summed E-state index contributed by atoms with van der Waals surface area (Å²) in [5.41, 5.74) is 0.554. The van der Waals surface area contributed by atoms with E-state index in [1.165, 1.54) is 68.1 Å². The van der Waals surface area contributed by atoms with E-state index >= 15 is 0 Å². The molecule has 2 N–H and O–H groups in total. The van der Waals surface area contributed by atoms with Gasteiger partial charge in [0, 0.05) is 11.7 Å². The molecule has 1 aromatic rings. The minimum absolute atomic E-state index is 0.00477. The average Bonchev–Trinajstić information content (AvgIpc) is 2.57. The zero-order valence-electron chi connectivity index (χ0n) is 14.7. The summed E-state index contributed by atoms with van der Waals surface area (Å²) in [5.74, 6) is -0.337. The molecule has 25 heavy (non-hydrogen) atoms. The van der Waals surface area contributed by atoms with Crippen LogP contribution >= 0.6 is 11.8 Å². The first-order valence-electron chi connectivity index (χ1n) is 9.02. The van der Waals surface area contributed by atoms with Gasteiger partial charge in [0.1, 0.15) is 5.82 Å². The highest BCUT2D eigenvalue weighted by molar-refractivity contribution is 8.01. The first-order chi connectivity index (χ1) is 12.0. The first kappa shape index (κ1) is 19.8. The van der Waals surface area contributed by atoms with Crippen LogP contribution < -0.4 is 10.6 Å². The van der Waals surface area contributed by atoms with Crippen LogP contribution in [-0.4, -0.2) is 28.9 Å². The van der Waals surface area contributed by atoms with E-state index in [1.807, 2.05) is 6.92 Å². The Hall–Kier alpha value is -1.56.